The number of hydrogen-bond acceptors (Lipinski definition) is 6. The highest BCUT2D eigenvalue weighted by molar-refractivity contribution is 7.15. The maximum Gasteiger partial charge on any atom is 0.115 e. The Labute approximate surface area is 186 Å². The van der Waals surface area contributed by atoms with Crippen LogP contribution in [0.3, 0.4) is 0 Å². The van der Waals surface area contributed by atoms with E-state index in [1.165, 1.54) is 20.9 Å². The Morgan fingerprint density at radius 3 is 2.71 bits per heavy atom. The Bertz CT molecular complexity index is 1050. The van der Waals surface area contributed by atoms with Crippen LogP contribution in [0, 0.1) is 6.92 Å². The normalized spacial score (nSPS) is 18.4. The number of rotatable bonds is 5. The Morgan fingerprint density at radius 1 is 1.19 bits per heavy atom. The predicted molar refractivity (Wildman–Crippen MR) is 121 cm³/mol. The molecule has 1 aromatic carbocycles. The SMILES string of the molecule is Cc1nn(CCO)cc1CN1CCC2(CC1)OCCc1cc(-c3ccc(O)cc3)sc12. The van der Waals surface area contributed by atoms with Crippen molar-refractivity contribution in [1.29, 1.82) is 0 Å². The number of aromatic nitrogens is 2. The second-order valence-corrected chi connectivity index (χ2v) is 9.66. The number of piperidine rings is 1. The van der Waals surface area contributed by atoms with Crippen LogP contribution in [0.25, 0.3) is 10.4 Å². The number of aryl methyl sites for hydroxylation is 1. The number of benzene rings is 1. The zero-order valence-corrected chi connectivity index (χ0v) is 18.7. The number of nitrogens with zero attached hydrogens (tertiary/aromatic N) is 3. The first-order chi connectivity index (χ1) is 15.1. The van der Waals surface area contributed by atoms with Crippen molar-refractivity contribution in [1.82, 2.24) is 14.7 Å². The summed E-state index contributed by atoms with van der Waals surface area (Å²) in [4.78, 5) is 5.14. The summed E-state index contributed by atoms with van der Waals surface area (Å²) in [6.07, 6.45) is 5.03. The summed E-state index contributed by atoms with van der Waals surface area (Å²) >= 11 is 1.85. The van der Waals surface area contributed by atoms with Gasteiger partial charge in [0.2, 0.25) is 0 Å². The molecule has 5 rings (SSSR count). The summed E-state index contributed by atoms with van der Waals surface area (Å²) in [6.45, 7) is 6.37. The standard InChI is InChI=1S/C24H29N3O3S/c1-17-20(16-27(25-17)11-12-28)15-26-9-7-24(8-10-26)23-19(6-13-30-24)14-22(31-23)18-2-4-21(29)5-3-18/h2-5,14,16,28-29H,6-13,15H2,1H3. The number of fused-ring (bicyclic) bond motifs is 2. The van der Waals surface area contributed by atoms with Gasteiger partial charge in [-0.25, -0.2) is 0 Å². The lowest BCUT2D eigenvalue weighted by atomic mass is 9.85. The molecule has 0 unspecified atom stereocenters. The van der Waals surface area contributed by atoms with E-state index in [1.54, 1.807) is 12.1 Å². The lowest BCUT2D eigenvalue weighted by Gasteiger charge is -2.43. The van der Waals surface area contributed by atoms with Gasteiger partial charge in [-0.15, -0.1) is 11.3 Å². The first kappa shape index (κ1) is 20.7. The first-order valence-electron chi connectivity index (χ1n) is 11.0. The van der Waals surface area contributed by atoms with E-state index in [-0.39, 0.29) is 12.2 Å². The third-order valence-electron chi connectivity index (χ3n) is 6.56. The van der Waals surface area contributed by atoms with Crippen molar-refractivity contribution in [3.05, 3.63) is 58.2 Å². The number of aliphatic hydroxyl groups excluding tert-OH is 1. The second-order valence-electron chi connectivity index (χ2n) is 8.61. The van der Waals surface area contributed by atoms with Crippen molar-refractivity contribution in [2.24, 2.45) is 0 Å². The molecule has 0 radical (unpaired) electrons. The van der Waals surface area contributed by atoms with Crippen molar-refractivity contribution in [2.45, 2.75) is 44.9 Å². The average molecular weight is 440 g/mol. The quantitative estimate of drug-likeness (QED) is 0.635. The molecule has 2 N–H and O–H groups in total. The van der Waals surface area contributed by atoms with E-state index in [2.05, 4.69) is 22.3 Å². The molecular formula is C24H29N3O3S. The van der Waals surface area contributed by atoms with E-state index in [4.69, 9.17) is 9.84 Å². The third-order valence-corrected chi connectivity index (χ3v) is 7.97. The van der Waals surface area contributed by atoms with Crippen molar-refractivity contribution >= 4 is 11.3 Å². The fourth-order valence-corrected chi connectivity index (χ4v) is 6.22. The maximum atomic E-state index is 9.60. The van der Waals surface area contributed by atoms with Crippen LogP contribution in [0.5, 0.6) is 5.75 Å². The monoisotopic (exact) mass is 439 g/mol. The van der Waals surface area contributed by atoms with Crippen LogP contribution in [0.1, 0.15) is 34.5 Å². The predicted octanol–water partition coefficient (Wildman–Crippen LogP) is 3.68. The van der Waals surface area contributed by atoms with Crippen LogP contribution < -0.4 is 0 Å². The molecule has 0 amide bonds. The van der Waals surface area contributed by atoms with Crippen molar-refractivity contribution in [3.8, 4) is 16.2 Å². The molecule has 2 aliphatic rings. The number of phenols is 1. The van der Waals surface area contributed by atoms with E-state index in [1.807, 2.05) is 35.1 Å². The lowest BCUT2D eigenvalue weighted by molar-refractivity contribution is -0.0960. The summed E-state index contributed by atoms with van der Waals surface area (Å²) in [7, 11) is 0. The Kier molecular flexibility index (Phi) is 5.60. The Morgan fingerprint density at radius 2 is 1.97 bits per heavy atom. The van der Waals surface area contributed by atoms with Crippen molar-refractivity contribution in [2.75, 3.05) is 26.3 Å². The van der Waals surface area contributed by atoms with E-state index >= 15 is 0 Å². The van der Waals surface area contributed by atoms with Crippen molar-refractivity contribution in [3.63, 3.8) is 0 Å². The van der Waals surface area contributed by atoms with Crippen LogP contribution in [-0.2, 0) is 29.8 Å². The van der Waals surface area contributed by atoms with Gasteiger partial charge < -0.3 is 14.9 Å². The molecule has 31 heavy (non-hydrogen) atoms. The van der Waals surface area contributed by atoms with Gasteiger partial charge in [0.25, 0.3) is 0 Å². The van der Waals surface area contributed by atoms with Crippen LogP contribution in [-0.4, -0.2) is 51.2 Å². The number of aromatic hydroxyl groups is 1. The molecule has 164 valence electrons. The van der Waals surface area contributed by atoms with Crippen molar-refractivity contribution < 1.29 is 14.9 Å². The van der Waals surface area contributed by atoms with Gasteiger partial charge in [-0.3, -0.25) is 9.58 Å². The minimum absolute atomic E-state index is 0.111. The largest absolute Gasteiger partial charge is 0.508 e. The number of hydrogen-bond donors (Lipinski definition) is 2. The number of ether oxygens (including phenoxy) is 1. The fraction of sp³-hybridized carbons (Fsp3) is 0.458. The minimum atomic E-state index is -0.167. The summed E-state index contributed by atoms with van der Waals surface area (Å²) < 4.78 is 8.30. The molecule has 3 aromatic rings. The smallest absolute Gasteiger partial charge is 0.115 e. The molecule has 0 atom stereocenters. The Hall–Kier alpha value is -2.19. The fourth-order valence-electron chi connectivity index (χ4n) is 4.81. The molecule has 2 aliphatic heterocycles. The third kappa shape index (κ3) is 4.03. The van der Waals surface area contributed by atoms with Crippen LogP contribution in [0.15, 0.2) is 36.5 Å². The molecular weight excluding hydrogens is 410 g/mol. The van der Waals surface area contributed by atoms with Crippen LogP contribution in [0.4, 0.5) is 0 Å². The number of phenolic OH excluding ortho intramolecular Hbond substituents is 1. The molecule has 7 heteroatoms. The summed E-state index contributed by atoms with van der Waals surface area (Å²) in [5.74, 6) is 0.300. The number of likely N-dealkylation sites (tertiary alicyclic amines) is 1. The van der Waals surface area contributed by atoms with Gasteiger partial charge >= 0.3 is 0 Å². The highest BCUT2D eigenvalue weighted by atomic mass is 32.1. The highest BCUT2D eigenvalue weighted by Crippen LogP contribution is 2.47. The molecule has 1 fully saturated rings. The summed E-state index contributed by atoms with van der Waals surface area (Å²) in [5.41, 5.74) is 4.69. The molecule has 0 aliphatic carbocycles. The summed E-state index contributed by atoms with van der Waals surface area (Å²) in [5, 5.41) is 23.3. The van der Waals surface area contributed by atoms with Gasteiger partial charge in [0.05, 0.1) is 25.5 Å². The molecule has 0 bridgehead atoms. The van der Waals surface area contributed by atoms with Gasteiger partial charge in [-0.05, 0) is 67.6 Å². The number of aliphatic hydroxyl groups is 1. The van der Waals surface area contributed by atoms with Gasteiger partial charge in [-0.1, -0.05) is 0 Å². The zero-order valence-electron chi connectivity index (χ0n) is 17.9. The second kappa shape index (κ2) is 8.39. The van der Waals surface area contributed by atoms with Crippen LogP contribution >= 0.6 is 11.3 Å². The summed E-state index contributed by atoms with van der Waals surface area (Å²) in [6, 6.07) is 9.80. The van der Waals surface area contributed by atoms with E-state index in [0.717, 1.165) is 56.8 Å². The van der Waals surface area contributed by atoms with E-state index < -0.39 is 0 Å². The van der Waals surface area contributed by atoms with Gasteiger partial charge in [0.15, 0.2) is 0 Å². The van der Waals surface area contributed by atoms with Gasteiger partial charge in [0.1, 0.15) is 11.4 Å². The maximum absolute atomic E-state index is 9.60. The molecule has 0 saturated carbocycles. The average Bonchev–Trinajstić information content (AvgIpc) is 3.35. The number of thiophene rings is 1. The molecule has 4 heterocycles. The van der Waals surface area contributed by atoms with E-state index in [0.29, 0.717) is 12.3 Å². The molecule has 1 saturated heterocycles. The Balaban J connectivity index is 1.31. The van der Waals surface area contributed by atoms with Crippen LogP contribution in [0.2, 0.25) is 0 Å². The zero-order chi connectivity index (χ0) is 21.4. The molecule has 6 nitrogen and oxygen atoms in total. The molecule has 2 aromatic heterocycles. The van der Waals surface area contributed by atoms with Gasteiger partial charge in [-0.2, -0.15) is 5.10 Å². The van der Waals surface area contributed by atoms with E-state index in [9.17, 15) is 5.11 Å². The molecule has 1 spiro atoms. The topological polar surface area (TPSA) is 70.8 Å². The highest BCUT2D eigenvalue weighted by Gasteiger charge is 2.42. The lowest BCUT2D eigenvalue weighted by Crippen LogP contribution is -2.45. The van der Waals surface area contributed by atoms with Gasteiger partial charge in [0, 0.05) is 41.1 Å². The minimum Gasteiger partial charge on any atom is -0.508 e. The first-order valence-corrected chi connectivity index (χ1v) is 11.8.